The van der Waals surface area contributed by atoms with Gasteiger partial charge in [0, 0.05) is 30.7 Å². The van der Waals surface area contributed by atoms with Crippen molar-refractivity contribution >= 4 is 23.2 Å². The third-order valence-electron chi connectivity index (χ3n) is 3.68. The fraction of sp³-hybridized carbons (Fsp3) is 0.278. The molecule has 0 bridgehead atoms. The van der Waals surface area contributed by atoms with Gasteiger partial charge in [-0.25, -0.2) is 0 Å². The molecular formula is C18H21ClN2O. The van der Waals surface area contributed by atoms with Crippen LogP contribution < -0.4 is 5.32 Å². The van der Waals surface area contributed by atoms with Gasteiger partial charge in [0.1, 0.15) is 6.04 Å². The molecule has 2 aromatic rings. The van der Waals surface area contributed by atoms with Gasteiger partial charge in [-0.05, 0) is 29.8 Å². The van der Waals surface area contributed by atoms with E-state index in [1.807, 2.05) is 61.5 Å². The summed E-state index contributed by atoms with van der Waals surface area (Å²) in [6, 6.07) is 17.1. The van der Waals surface area contributed by atoms with Gasteiger partial charge in [0.2, 0.25) is 5.91 Å². The van der Waals surface area contributed by atoms with Crippen molar-refractivity contribution in [1.29, 1.82) is 0 Å². The molecule has 0 saturated heterocycles. The lowest BCUT2D eigenvalue weighted by Gasteiger charge is -2.28. The highest BCUT2D eigenvalue weighted by molar-refractivity contribution is 6.30. The first-order chi connectivity index (χ1) is 10.5. The Bertz CT molecular complexity index is 628. The number of rotatable bonds is 5. The van der Waals surface area contributed by atoms with Crippen LogP contribution in [-0.2, 0) is 4.79 Å². The number of anilines is 1. The molecule has 0 saturated carbocycles. The first-order valence-corrected chi connectivity index (χ1v) is 7.65. The van der Waals surface area contributed by atoms with Crippen molar-refractivity contribution in [2.75, 3.05) is 19.4 Å². The summed E-state index contributed by atoms with van der Waals surface area (Å²) in [5.41, 5.74) is 1.97. The summed E-state index contributed by atoms with van der Waals surface area (Å²) in [5, 5.41) is 4.02. The predicted molar refractivity (Wildman–Crippen MR) is 92.4 cm³/mol. The number of hydrogen-bond donors (Lipinski definition) is 1. The van der Waals surface area contributed by atoms with Crippen LogP contribution in [0.5, 0.6) is 0 Å². The topological polar surface area (TPSA) is 32.3 Å². The van der Waals surface area contributed by atoms with Crippen molar-refractivity contribution in [3.05, 3.63) is 65.2 Å². The molecule has 0 heterocycles. The molecule has 0 aliphatic rings. The summed E-state index contributed by atoms with van der Waals surface area (Å²) >= 11 is 6.08. The van der Waals surface area contributed by atoms with E-state index in [0.717, 1.165) is 11.3 Å². The number of nitrogens with one attached hydrogen (secondary N) is 1. The van der Waals surface area contributed by atoms with Gasteiger partial charge in [0.25, 0.3) is 0 Å². The Hall–Kier alpha value is -2.00. The quantitative estimate of drug-likeness (QED) is 0.904. The smallest absolute Gasteiger partial charge is 0.245 e. The second-order valence-electron chi connectivity index (χ2n) is 5.56. The zero-order valence-corrected chi connectivity index (χ0v) is 13.8. The van der Waals surface area contributed by atoms with E-state index in [1.54, 1.807) is 19.0 Å². The van der Waals surface area contributed by atoms with E-state index in [-0.39, 0.29) is 17.9 Å². The average Bonchev–Trinajstić information content (AvgIpc) is 2.52. The summed E-state index contributed by atoms with van der Waals surface area (Å²) in [4.78, 5) is 14.2. The number of halogens is 1. The average molecular weight is 317 g/mol. The Morgan fingerprint density at radius 1 is 1.09 bits per heavy atom. The van der Waals surface area contributed by atoms with E-state index in [9.17, 15) is 4.79 Å². The minimum Gasteiger partial charge on any atom is -0.373 e. The highest BCUT2D eigenvalue weighted by atomic mass is 35.5. The van der Waals surface area contributed by atoms with Crippen molar-refractivity contribution < 1.29 is 4.79 Å². The number of amides is 1. The van der Waals surface area contributed by atoms with E-state index in [2.05, 4.69) is 5.32 Å². The highest BCUT2D eigenvalue weighted by Crippen LogP contribution is 2.25. The van der Waals surface area contributed by atoms with Gasteiger partial charge in [-0.3, -0.25) is 4.79 Å². The number of carbonyl (C=O) groups is 1. The zero-order valence-electron chi connectivity index (χ0n) is 13.1. The molecule has 0 aromatic heterocycles. The summed E-state index contributed by atoms with van der Waals surface area (Å²) < 4.78 is 0. The molecule has 2 aromatic carbocycles. The molecule has 1 N–H and O–H groups in total. The van der Waals surface area contributed by atoms with Gasteiger partial charge < -0.3 is 10.2 Å². The first-order valence-electron chi connectivity index (χ1n) is 7.27. The molecule has 2 atom stereocenters. The lowest BCUT2D eigenvalue weighted by atomic mass is 9.92. The van der Waals surface area contributed by atoms with Gasteiger partial charge in [-0.2, -0.15) is 0 Å². The SMILES string of the molecule is C[C@@H](c1cccc(Cl)c1)[C@H](Nc1ccccc1)C(=O)N(C)C. The molecule has 0 aliphatic carbocycles. The van der Waals surface area contributed by atoms with E-state index in [1.165, 1.54) is 0 Å². The molecule has 1 amide bonds. The summed E-state index contributed by atoms with van der Waals surface area (Å²) in [5.74, 6) is 0.0325. The fourth-order valence-corrected chi connectivity index (χ4v) is 2.57. The van der Waals surface area contributed by atoms with Crippen LogP contribution in [-0.4, -0.2) is 30.9 Å². The van der Waals surface area contributed by atoms with Gasteiger partial charge in [0.05, 0.1) is 0 Å². The number of nitrogens with zero attached hydrogens (tertiary/aromatic N) is 1. The predicted octanol–water partition coefficient (Wildman–Crippen LogP) is 4.01. The normalized spacial score (nSPS) is 13.3. The van der Waals surface area contributed by atoms with E-state index < -0.39 is 0 Å². The van der Waals surface area contributed by atoms with Gasteiger partial charge in [-0.1, -0.05) is 48.9 Å². The molecular weight excluding hydrogens is 296 g/mol. The summed E-state index contributed by atoms with van der Waals surface area (Å²) in [6.45, 7) is 2.04. The summed E-state index contributed by atoms with van der Waals surface area (Å²) in [6.07, 6.45) is 0. The minimum atomic E-state index is -0.351. The van der Waals surface area contributed by atoms with Crippen molar-refractivity contribution in [3.8, 4) is 0 Å². The minimum absolute atomic E-state index is 0.00574. The Balaban J connectivity index is 2.29. The second kappa shape index (κ2) is 7.32. The number of carbonyl (C=O) groups excluding carboxylic acids is 1. The van der Waals surface area contributed by atoms with Crippen molar-refractivity contribution in [2.24, 2.45) is 0 Å². The molecule has 22 heavy (non-hydrogen) atoms. The molecule has 0 fully saturated rings. The molecule has 2 rings (SSSR count). The van der Waals surface area contributed by atoms with Crippen LogP contribution in [0.4, 0.5) is 5.69 Å². The molecule has 4 heteroatoms. The Morgan fingerprint density at radius 3 is 2.36 bits per heavy atom. The fourth-order valence-electron chi connectivity index (χ4n) is 2.37. The van der Waals surface area contributed by atoms with E-state index >= 15 is 0 Å². The van der Waals surface area contributed by atoms with Crippen LogP contribution in [0.1, 0.15) is 18.4 Å². The molecule has 0 radical (unpaired) electrons. The molecule has 0 spiro atoms. The van der Waals surface area contributed by atoms with Crippen molar-refractivity contribution in [2.45, 2.75) is 18.9 Å². The molecule has 0 aliphatic heterocycles. The summed E-state index contributed by atoms with van der Waals surface area (Å²) in [7, 11) is 3.54. The zero-order chi connectivity index (χ0) is 16.1. The standard InChI is InChI=1S/C18H21ClN2O/c1-13(14-8-7-9-15(19)12-14)17(18(22)21(2)3)20-16-10-5-4-6-11-16/h4-13,17,20H,1-3H3/t13-,17-/m0/s1. The lowest BCUT2D eigenvalue weighted by molar-refractivity contribution is -0.129. The van der Waals surface area contributed by atoms with Gasteiger partial charge in [0.15, 0.2) is 0 Å². The third kappa shape index (κ3) is 4.01. The van der Waals surface area contributed by atoms with Crippen molar-refractivity contribution in [1.82, 2.24) is 4.90 Å². The number of benzene rings is 2. The maximum atomic E-state index is 12.6. The van der Waals surface area contributed by atoms with Gasteiger partial charge >= 0.3 is 0 Å². The van der Waals surface area contributed by atoms with Crippen LogP contribution in [0.15, 0.2) is 54.6 Å². The Labute approximate surface area is 136 Å². The molecule has 0 unspecified atom stereocenters. The highest BCUT2D eigenvalue weighted by Gasteiger charge is 2.27. The third-order valence-corrected chi connectivity index (χ3v) is 3.91. The lowest BCUT2D eigenvalue weighted by Crippen LogP contribution is -2.42. The monoisotopic (exact) mass is 316 g/mol. The first kappa shape index (κ1) is 16.4. The van der Waals surface area contributed by atoms with Crippen LogP contribution >= 0.6 is 11.6 Å². The van der Waals surface area contributed by atoms with Crippen LogP contribution in [0.2, 0.25) is 5.02 Å². The Kier molecular flexibility index (Phi) is 5.45. The van der Waals surface area contributed by atoms with Crippen molar-refractivity contribution in [3.63, 3.8) is 0 Å². The number of likely N-dealkylation sites (N-methyl/N-ethyl adjacent to an activating group) is 1. The van der Waals surface area contributed by atoms with E-state index in [4.69, 9.17) is 11.6 Å². The molecule has 116 valence electrons. The Morgan fingerprint density at radius 2 is 1.77 bits per heavy atom. The number of hydrogen-bond acceptors (Lipinski definition) is 2. The number of para-hydroxylation sites is 1. The van der Waals surface area contributed by atoms with Gasteiger partial charge in [-0.15, -0.1) is 0 Å². The van der Waals surface area contributed by atoms with Crippen LogP contribution in [0, 0.1) is 0 Å². The largest absolute Gasteiger partial charge is 0.373 e. The second-order valence-corrected chi connectivity index (χ2v) is 6.00. The maximum Gasteiger partial charge on any atom is 0.245 e. The molecule has 3 nitrogen and oxygen atoms in total. The van der Waals surface area contributed by atoms with E-state index in [0.29, 0.717) is 5.02 Å². The maximum absolute atomic E-state index is 12.6. The van der Waals surface area contributed by atoms with Crippen LogP contribution in [0.3, 0.4) is 0 Å². The van der Waals surface area contributed by atoms with Crippen LogP contribution in [0.25, 0.3) is 0 Å².